The molecular weight excluding hydrogens is 168 g/mol. The van der Waals surface area contributed by atoms with Gasteiger partial charge < -0.3 is 0 Å². The first-order chi connectivity index (χ1) is 6.46. The molecule has 1 rings (SSSR count). The molecule has 0 heteroatoms. The highest BCUT2D eigenvalue weighted by molar-refractivity contribution is 5.20. The third-order valence-corrected chi connectivity index (χ3v) is 3.90. The van der Waals surface area contributed by atoms with Gasteiger partial charge in [0.15, 0.2) is 0 Å². The maximum absolute atomic E-state index is 2.36. The Morgan fingerprint density at radius 1 is 0.929 bits per heavy atom. The monoisotopic (exact) mass is 190 g/mol. The molecule has 14 heavy (non-hydrogen) atoms. The van der Waals surface area contributed by atoms with Crippen LogP contribution in [0.2, 0.25) is 0 Å². The highest BCUT2D eigenvalue weighted by atomic mass is 14.3. The third kappa shape index (κ3) is 2.17. The highest BCUT2D eigenvalue weighted by Crippen LogP contribution is 2.40. The van der Waals surface area contributed by atoms with Crippen LogP contribution in [0.3, 0.4) is 0 Å². The molecule has 0 fully saturated rings. The van der Waals surface area contributed by atoms with Crippen molar-refractivity contribution in [2.75, 3.05) is 0 Å². The molecule has 1 aromatic carbocycles. The molecule has 0 N–H and O–H groups in total. The number of rotatable bonds is 3. The van der Waals surface area contributed by atoms with Gasteiger partial charge in [0.25, 0.3) is 0 Å². The van der Waals surface area contributed by atoms with E-state index in [-0.39, 0.29) is 0 Å². The van der Waals surface area contributed by atoms with E-state index in [1.165, 1.54) is 5.56 Å². The SMILES string of the molecule is CC(C)C(C)(C)C(C)c1ccccc1. The zero-order valence-electron chi connectivity index (χ0n) is 10.0. The third-order valence-electron chi connectivity index (χ3n) is 3.90. The molecule has 0 heterocycles. The lowest BCUT2D eigenvalue weighted by molar-refractivity contribution is 0.203. The van der Waals surface area contributed by atoms with Crippen molar-refractivity contribution in [3.63, 3.8) is 0 Å². The summed E-state index contributed by atoms with van der Waals surface area (Å²) in [4.78, 5) is 0. The molecule has 0 saturated carbocycles. The Labute approximate surface area is 88.4 Å². The summed E-state index contributed by atoms with van der Waals surface area (Å²) in [5, 5.41) is 0. The van der Waals surface area contributed by atoms with Gasteiger partial charge in [-0.3, -0.25) is 0 Å². The summed E-state index contributed by atoms with van der Waals surface area (Å²) in [6.45, 7) is 11.7. The Morgan fingerprint density at radius 2 is 1.43 bits per heavy atom. The van der Waals surface area contributed by atoms with Gasteiger partial charge in [0.1, 0.15) is 0 Å². The zero-order chi connectivity index (χ0) is 10.8. The Balaban J connectivity index is 2.90. The number of hydrogen-bond acceptors (Lipinski definition) is 0. The van der Waals surface area contributed by atoms with Crippen molar-refractivity contribution in [2.24, 2.45) is 11.3 Å². The fourth-order valence-electron chi connectivity index (χ4n) is 1.67. The highest BCUT2D eigenvalue weighted by Gasteiger charge is 2.29. The second-order valence-corrected chi connectivity index (χ2v) is 5.11. The van der Waals surface area contributed by atoms with E-state index in [0.717, 1.165) is 0 Å². The second kappa shape index (κ2) is 4.16. The summed E-state index contributed by atoms with van der Waals surface area (Å²) in [5.74, 6) is 1.32. The maximum Gasteiger partial charge on any atom is -0.0137 e. The molecule has 1 atom stereocenters. The molecule has 78 valence electrons. The molecule has 0 bridgehead atoms. The van der Waals surface area contributed by atoms with Crippen LogP contribution in [0, 0.1) is 11.3 Å². The summed E-state index contributed by atoms with van der Waals surface area (Å²) in [6, 6.07) is 10.8. The van der Waals surface area contributed by atoms with Crippen LogP contribution in [0.1, 0.15) is 46.1 Å². The van der Waals surface area contributed by atoms with E-state index in [4.69, 9.17) is 0 Å². The van der Waals surface area contributed by atoms with Crippen LogP contribution >= 0.6 is 0 Å². The van der Waals surface area contributed by atoms with Gasteiger partial charge in [0.05, 0.1) is 0 Å². The fraction of sp³-hybridized carbons (Fsp3) is 0.571. The van der Waals surface area contributed by atoms with Gasteiger partial charge >= 0.3 is 0 Å². The van der Waals surface area contributed by atoms with Gasteiger partial charge in [0, 0.05) is 0 Å². The molecule has 0 radical (unpaired) electrons. The molecule has 0 aliphatic rings. The Bertz CT molecular complexity index is 269. The van der Waals surface area contributed by atoms with E-state index in [1.54, 1.807) is 0 Å². The van der Waals surface area contributed by atoms with E-state index in [2.05, 4.69) is 65.0 Å². The summed E-state index contributed by atoms with van der Waals surface area (Å²) >= 11 is 0. The van der Waals surface area contributed by atoms with E-state index in [1.807, 2.05) is 0 Å². The standard InChI is InChI=1S/C14H22/c1-11(2)14(4,5)12(3)13-9-7-6-8-10-13/h6-12H,1-5H3. The van der Waals surface area contributed by atoms with Crippen LogP contribution in [-0.4, -0.2) is 0 Å². The molecule has 0 amide bonds. The van der Waals surface area contributed by atoms with Crippen molar-refractivity contribution in [3.8, 4) is 0 Å². The predicted octanol–water partition coefficient (Wildman–Crippen LogP) is 4.47. The summed E-state index contributed by atoms with van der Waals surface area (Å²) < 4.78 is 0. The normalized spacial score (nSPS) is 14.4. The second-order valence-electron chi connectivity index (χ2n) is 5.11. The van der Waals surface area contributed by atoms with Crippen molar-refractivity contribution >= 4 is 0 Å². The number of hydrogen-bond donors (Lipinski definition) is 0. The molecule has 0 aromatic heterocycles. The van der Waals surface area contributed by atoms with E-state index in [9.17, 15) is 0 Å². The fourth-order valence-corrected chi connectivity index (χ4v) is 1.67. The van der Waals surface area contributed by atoms with Crippen molar-refractivity contribution in [1.29, 1.82) is 0 Å². The van der Waals surface area contributed by atoms with Crippen LogP contribution in [0.5, 0.6) is 0 Å². The molecule has 0 aliphatic carbocycles. The summed E-state index contributed by atoms with van der Waals surface area (Å²) in [6.07, 6.45) is 0. The lowest BCUT2D eigenvalue weighted by Crippen LogP contribution is -2.26. The molecule has 0 spiro atoms. The van der Waals surface area contributed by atoms with Gasteiger partial charge in [-0.1, -0.05) is 65.0 Å². The molecule has 1 aromatic rings. The Kier molecular flexibility index (Phi) is 3.36. The van der Waals surface area contributed by atoms with E-state index in [0.29, 0.717) is 17.3 Å². The minimum absolute atomic E-state index is 0.362. The van der Waals surface area contributed by atoms with Gasteiger partial charge in [-0.15, -0.1) is 0 Å². The first kappa shape index (κ1) is 11.3. The van der Waals surface area contributed by atoms with Crippen LogP contribution in [-0.2, 0) is 0 Å². The summed E-state index contributed by atoms with van der Waals surface area (Å²) in [7, 11) is 0. The van der Waals surface area contributed by atoms with Crippen LogP contribution < -0.4 is 0 Å². The quantitative estimate of drug-likeness (QED) is 0.659. The maximum atomic E-state index is 2.36. The van der Waals surface area contributed by atoms with Crippen LogP contribution in [0.4, 0.5) is 0 Å². The molecule has 1 unspecified atom stereocenters. The first-order valence-corrected chi connectivity index (χ1v) is 5.51. The first-order valence-electron chi connectivity index (χ1n) is 5.51. The zero-order valence-corrected chi connectivity index (χ0v) is 10.0. The predicted molar refractivity (Wildman–Crippen MR) is 63.5 cm³/mol. The molecule has 0 nitrogen and oxygen atoms in total. The van der Waals surface area contributed by atoms with E-state index >= 15 is 0 Å². The van der Waals surface area contributed by atoms with Crippen LogP contribution in [0.25, 0.3) is 0 Å². The topological polar surface area (TPSA) is 0 Å². The average Bonchev–Trinajstić information content (AvgIpc) is 2.17. The Hall–Kier alpha value is -0.780. The minimum atomic E-state index is 0.362. The molecular formula is C14H22. The molecule has 0 saturated heterocycles. The summed E-state index contributed by atoms with van der Waals surface area (Å²) in [5.41, 5.74) is 1.81. The average molecular weight is 190 g/mol. The van der Waals surface area contributed by atoms with Gasteiger partial charge in [-0.05, 0) is 22.8 Å². The smallest absolute Gasteiger partial charge is 0.0137 e. The number of benzene rings is 1. The van der Waals surface area contributed by atoms with Gasteiger partial charge in [-0.2, -0.15) is 0 Å². The van der Waals surface area contributed by atoms with Crippen molar-refractivity contribution < 1.29 is 0 Å². The van der Waals surface area contributed by atoms with Crippen molar-refractivity contribution in [1.82, 2.24) is 0 Å². The lowest BCUT2D eigenvalue weighted by atomic mass is 9.69. The lowest BCUT2D eigenvalue weighted by Gasteiger charge is -2.36. The van der Waals surface area contributed by atoms with Crippen molar-refractivity contribution in [3.05, 3.63) is 35.9 Å². The largest absolute Gasteiger partial charge is 0.0622 e. The van der Waals surface area contributed by atoms with Gasteiger partial charge in [-0.25, -0.2) is 0 Å². The van der Waals surface area contributed by atoms with E-state index < -0.39 is 0 Å². The van der Waals surface area contributed by atoms with Gasteiger partial charge in [0.2, 0.25) is 0 Å². The van der Waals surface area contributed by atoms with Crippen LogP contribution in [0.15, 0.2) is 30.3 Å². The minimum Gasteiger partial charge on any atom is -0.0622 e. The molecule has 0 aliphatic heterocycles. The Morgan fingerprint density at radius 3 is 1.86 bits per heavy atom. The van der Waals surface area contributed by atoms with Crippen molar-refractivity contribution in [2.45, 2.75) is 40.5 Å².